The minimum absolute atomic E-state index is 0.137. The van der Waals surface area contributed by atoms with E-state index in [9.17, 15) is 9.59 Å². The number of benzene rings is 2. The maximum Gasteiger partial charge on any atom is 0.319 e. The number of nitrogens with one attached hydrogen (secondary N) is 3. The van der Waals surface area contributed by atoms with Crippen molar-refractivity contribution in [3.05, 3.63) is 64.2 Å². The molecule has 3 N–H and O–H groups in total. The fraction of sp³-hybridized carbons (Fsp3) is 0.364. The van der Waals surface area contributed by atoms with Crippen LogP contribution in [0.3, 0.4) is 0 Å². The SMILES string of the molecule is CCc1ccc(C(C)NC(=O)Nc2ccc(C(=O)NCC(C)C)c(Cl)c2)cc1. The van der Waals surface area contributed by atoms with E-state index in [-0.39, 0.29) is 18.0 Å². The lowest BCUT2D eigenvalue weighted by molar-refractivity contribution is 0.0949. The van der Waals surface area contributed by atoms with Crippen LogP contribution in [0.25, 0.3) is 0 Å². The normalized spacial score (nSPS) is 11.8. The van der Waals surface area contributed by atoms with Gasteiger partial charge in [0.2, 0.25) is 0 Å². The second-order valence-corrected chi connectivity index (χ2v) is 7.62. The number of urea groups is 1. The van der Waals surface area contributed by atoms with Crippen LogP contribution >= 0.6 is 11.6 Å². The first kappa shape index (κ1) is 21.8. The largest absolute Gasteiger partial charge is 0.352 e. The Morgan fingerprint density at radius 3 is 2.29 bits per heavy atom. The Balaban J connectivity index is 1.95. The van der Waals surface area contributed by atoms with Crippen molar-refractivity contribution < 1.29 is 9.59 Å². The van der Waals surface area contributed by atoms with Crippen molar-refractivity contribution in [1.29, 1.82) is 0 Å². The Morgan fingerprint density at radius 2 is 1.71 bits per heavy atom. The molecule has 0 radical (unpaired) electrons. The number of halogens is 1. The molecule has 0 spiro atoms. The first-order valence-corrected chi connectivity index (χ1v) is 9.92. The average Bonchev–Trinajstić information content (AvgIpc) is 2.66. The van der Waals surface area contributed by atoms with Crippen LogP contribution in [0.1, 0.15) is 55.2 Å². The van der Waals surface area contributed by atoms with Gasteiger partial charge in [-0.3, -0.25) is 4.79 Å². The minimum atomic E-state index is -0.333. The third-order valence-electron chi connectivity index (χ3n) is 4.38. The van der Waals surface area contributed by atoms with Crippen molar-refractivity contribution in [3.63, 3.8) is 0 Å². The zero-order valence-corrected chi connectivity index (χ0v) is 17.6. The van der Waals surface area contributed by atoms with E-state index in [0.29, 0.717) is 28.7 Å². The van der Waals surface area contributed by atoms with Crippen LogP contribution in [0.4, 0.5) is 10.5 Å². The van der Waals surface area contributed by atoms with E-state index >= 15 is 0 Å². The third-order valence-corrected chi connectivity index (χ3v) is 4.69. The fourth-order valence-corrected chi connectivity index (χ4v) is 2.92. The molecule has 150 valence electrons. The second-order valence-electron chi connectivity index (χ2n) is 7.21. The van der Waals surface area contributed by atoms with Crippen LogP contribution in [0.5, 0.6) is 0 Å². The quantitative estimate of drug-likeness (QED) is 0.598. The molecular formula is C22H28ClN3O2. The van der Waals surface area contributed by atoms with E-state index in [1.54, 1.807) is 18.2 Å². The van der Waals surface area contributed by atoms with Crippen molar-refractivity contribution >= 4 is 29.2 Å². The molecule has 0 bridgehead atoms. The number of aryl methyl sites for hydroxylation is 1. The summed E-state index contributed by atoms with van der Waals surface area (Å²) >= 11 is 6.22. The first-order chi connectivity index (χ1) is 13.3. The molecule has 6 heteroatoms. The number of hydrogen-bond donors (Lipinski definition) is 3. The summed E-state index contributed by atoms with van der Waals surface area (Å²) in [5.74, 6) is 0.131. The molecule has 1 unspecified atom stereocenters. The van der Waals surface area contributed by atoms with Crippen LogP contribution in [0.2, 0.25) is 5.02 Å². The van der Waals surface area contributed by atoms with Gasteiger partial charge in [-0.25, -0.2) is 4.79 Å². The fourth-order valence-electron chi connectivity index (χ4n) is 2.66. The van der Waals surface area contributed by atoms with Gasteiger partial charge in [-0.2, -0.15) is 0 Å². The number of hydrogen-bond acceptors (Lipinski definition) is 2. The molecule has 0 saturated heterocycles. The summed E-state index contributed by atoms with van der Waals surface area (Å²) in [6, 6.07) is 12.5. The van der Waals surface area contributed by atoms with Crippen molar-refractivity contribution in [1.82, 2.24) is 10.6 Å². The number of amides is 3. The lowest BCUT2D eigenvalue weighted by atomic mass is 10.1. The number of carbonyl (C=O) groups is 2. The topological polar surface area (TPSA) is 70.2 Å². The summed E-state index contributed by atoms with van der Waals surface area (Å²) in [5.41, 5.74) is 3.20. The summed E-state index contributed by atoms with van der Waals surface area (Å²) in [5, 5.41) is 8.78. The Morgan fingerprint density at radius 1 is 1.04 bits per heavy atom. The van der Waals surface area contributed by atoms with Gasteiger partial charge in [-0.1, -0.05) is 56.6 Å². The van der Waals surface area contributed by atoms with E-state index in [1.807, 2.05) is 32.9 Å². The number of rotatable bonds is 7. The lowest BCUT2D eigenvalue weighted by Crippen LogP contribution is -2.31. The maximum absolute atomic E-state index is 12.3. The highest BCUT2D eigenvalue weighted by molar-refractivity contribution is 6.34. The number of anilines is 1. The van der Waals surface area contributed by atoms with Crippen LogP contribution in [0, 0.1) is 5.92 Å². The third kappa shape index (κ3) is 6.27. The molecule has 0 saturated carbocycles. The molecule has 1 atom stereocenters. The number of carbonyl (C=O) groups excluding carboxylic acids is 2. The highest BCUT2D eigenvalue weighted by Crippen LogP contribution is 2.21. The van der Waals surface area contributed by atoms with Crippen molar-refractivity contribution in [3.8, 4) is 0 Å². The molecule has 0 aliphatic heterocycles. The van der Waals surface area contributed by atoms with Gasteiger partial charge in [-0.05, 0) is 48.6 Å². The summed E-state index contributed by atoms with van der Waals surface area (Å²) in [4.78, 5) is 24.4. The zero-order valence-electron chi connectivity index (χ0n) is 16.8. The molecule has 0 aliphatic carbocycles. The van der Waals surface area contributed by atoms with E-state index in [0.717, 1.165) is 12.0 Å². The van der Waals surface area contributed by atoms with Crippen LogP contribution in [-0.2, 0) is 6.42 Å². The van der Waals surface area contributed by atoms with E-state index in [1.165, 1.54) is 5.56 Å². The molecule has 0 fully saturated rings. The van der Waals surface area contributed by atoms with Crippen LogP contribution < -0.4 is 16.0 Å². The molecule has 2 aromatic carbocycles. The standard InChI is InChI=1S/C22H28ClN3O2/c1-5-16-6-8-17(9-7-16)15(4)25-22(28)26-18-10-11-19(20(23)12-18)21(27)24-13-14(2)3/h6-12,14-15H,5,13H2,1-4H3,(H,24,27)(H2,25,26,28). The highest BCUT2D eigenvalue weighted by Gasteiger charge is 2.13. The summed E-state index contributed by atoms with van der Waals surface area (Å²) in [7, 11) is 0. The van der Waals surface area contributed by atoms with E-state index in [2.05, 4.69) is 35.0 Å². The summed E-state index contributed by atoms with van der Waals surface area (Å²) < 4.78 is 0. The van der Waals surface area contributed by atoms with Crippen molar-refractivity contribution in [2.75, 3.05) is 11.9 Å². The van der Waals surface area contributed by atoms with Gasteiger partial charge < -0.3 is 16.0 Å². The Labute approximate surface area is 171 Å². The van der Waals surface area contributed by atoms with E-state index in [4.69, 9.17) is 11.6 Å². The Bertz CT molecular complexity index is 819. The Hall–Kier alpha value is -2.53. The van der Waals surface area contributed by atoms with Gasteiger partial charge in [0.25, 0.3) is 5.91 Å². The summed E-state index contributed by atoms with van der Waals surface area (Å²) in [6.45, 7) is 8.65. The van der Waals surface area contributed by atoms with Crippen LogP contribution in [-0.4, -0.2) is 18.5 Å². The average molecular weight is 402 g/mol. The minimum Gasteiger partial charge on any atom is -0.352 e. The molecule has 0 heterocycles. The monoisotopic (exact) mass is 401 g/mol. The van der Waals surface area contributed by atoms with E-state index < -0.39 is 0 Å². The Kier molecular flexibility index (Phi) is 7.88. The van der Waals surface area contributed by atoms with Gasteiger partial charge in [0.15, 0.2) is 0 Å². The second kappa shape index (κ2) is 10.1. The molecule has 5 nitrogen and oxygen atoms in total. The smallest absolute Gasteiger partial charge is 0.319 e. The molecule has 2 aromatic rings. The van der Waals surface area contributed by atoms with Crippen molar-refractivity contribution in [2.24, 2.45) is 5.92 Å². The molecular weight excluding hydrogens is 374 g/mol. The maximum atomic E-state index is 12.3. The highest BCUT2D eigenvalue weighted by atomic mass is 35.5. The summed E-state index contributed by atoms with van der Waals surface area (Å²) in [6.07, 6.45) is 0.981. The molecule has 28 heavy (non-hydrogen) atoms. The van der Waals surface area contributed by atoms with Crippen molar-refractivity contribution in [2.45, 2.75) is 40.2 Å². The van der Waals surface area contributed by atoms with Gasteiger partial charge >= 0.3 is 6.03 Å². The van der Waals surface area contributed by atoms with Gasteiger partial charge in [-0.15, -0.1) is 0 Å². The molecule has 0 aliphatic rings. The lowest BCUT2D eigenvalue weighted by Gasteiger charge is -2.16. The predicted octanol–water partition coefficient (Wildman–Crippen LogP) is 5.17. The van der Waals surface area contributed by atoms with Gasteiger partial charge in [0.05, 0.1) is 16.6 Å². The van der Waals surface area contributed by atoms with Crippen LogP contribution in [0.15, 0.2) is 42.5 Å². The molecule has 0 aromatic heterocycles. The molecule has 2 rings (SSSR count). The predicted molar refractivity (Wildman–Crippen MR) is 115 cm³/mol. The zero-order chi connectivity index (χ0) is 20.7. The van der Waals surface area contributed by atoms with Gasteiger partial charge in [0, 0.05) is 12.2 Å². The molecule has 3 amide bonds. The first-order valence-electron chi connectivity index (χ1n) is 9.54. The van der Waals surface area contributed by atoms with Gasteiger partial charge in [0.1, 0.15) is 0 Å².